The van der Waals surface area contributed by atoms with E-state index in [9.17, 15) is 23.9 Å². The number of H-pyrrole nitrogens is 1. The van der Waals surface area contributed by atoms with E-state index in [0.29, 0.717) is 16.8 Å². The van der Waals surface area contributed by atoms with Crippen LogP contribution in [0.25, 0.3) is 28.0 Å². The summed E-state index contributed by atoms with van der Waals surface area (Å²) in [6.45, 7) is 3.77. The van der Waals surface area contributed by atoms with Gasteiger partial charge >= 0.3 is 11.7 Å². The maximum Gasteiger partial charge on any atom is 0.334 e. The van der Waals surface area contributed by atoms with Crippen LogP contribution in [0.4, 0.5) is 14.5 Å². The minimum absolute atomic E-state index is 0.0702. The van der Waals surface area contributed by atoms with Gasteiger partial charge < -0.3 is 10.8 Å². The first kappa shape index (κ1) is 23.8. The number of carboxylic acids is 1. The van der Waals surface area contributed by atoms with Gasteiger partial charge in [0, 0.05) is 12.1 Å². The lowest BCUT2D eigenvalue weighted by Crippen LogP contribution is -2.31. The molecule has 0 atom stereocenters. The van der Waals surface area contributed by atoms with Crippen molar-refractivity contribution >= 4 is 22.7 Å². The third kappa shape index (κ3) is 4.30. The Morgan fingerprint density at radius 3 is 2.51 bits per heavy atom. The van der Waals surface area contributed by atoms with Gasteiger partial charge in [-0.25, -0.2) is 23.1 Å². The maximum atomic E-state index is 15.1. The molecule has 4 aromatic rings. The highest BCUT2D eigenvalue weighted by Gasteiger charge is 2.23. The summed E-state index contributed by atoms with van der Waals surface area (Å²) in [5, 5.41) is 8.97. The Balaban J connectivity index is 2.15. The molecule has 0 saturated heterocycles. The number of aliphatic carboxylic acids is 1. The van der Waals surface area contributed by atoms with Crippen molar-refractivity contribution in [3.63, 3.8) is 0 Å². The third-order valence-electron chi connectivity index (χ3n) is 5.72. The zero-order valence-corrected chi connectivity index (χ0v) is 18.9. The smallest absolute Gasteiger partial charge is 0.334 e. The normalized spacial score (nSPS) is 11.3. The van der Waals surface area contributed by atoms with Gasteiger partial charge in [0.2, 0.25) is 0 Å². The van der Waals surface area contributed by atoms with E-state index in [1.807, 2.05) is 13.8 Å². The van der Waals surface area contributed by atoms with Crippen molar-refractivity contribution in [2.24, 2.45) is 0 Å². The molecular formula is C25H22F2N4O4. The van der Waals surface area contributed by atoms with Crippen LogP contribution >= 0.6 is 0 Å². The molecule has 4 N–H and O–H groups in total. The van der Waals surface area contributed by atoms with Gasteiger partial charge in [0.15, 0.2) is 11.5 Å². The van der Waals surface area contributed by atoms with Crippen LogP contribution in [-0.4, -0.2) is 25.6 Å². The predicted octanol–water partition coefficient (Wildman–Crippen LogP) is 3.74. The molecule has 8 nitrogen and oxygen atoms in total. The molecule has 0 bridgehead atoms. The van der Waals surface area contributed by atoms with Crippen molar-refractivity contribution in [3.8, 4) is 16.9 Å². The molecule has 0 aliphatic heterocycles. The number of carbonyl (C=O) groups is 1. The molecule has 2 heterocycles. The second-order valence-electron chi connectivity index (χ2n) is 8.39. The molecule has 0 saturated carbocycles. The zero-order valence-electron chi connectivity index (χ0n) is 18.9. The van der Waals surface area contributed by atoms with E-state index >= 15 is 4.39 Å². The number of aryl methyl sites for hydroxylation is 1. The molecule has 0 aliphatic carbocycles. The van der Waals surface area contributed by atoms with Crippen molar-refractivity contribution < 1.29 is 18.7 Å². The summed E-state index contributed by atoms with van der Waals surface area (Å²) >= 11 is 0. The Hall–Kier alpha value is -4.34. The van der Waals surface area contributed by atoms with Gasteiger partial charge in [0.1, 0.15) is 11.5 Å². The molecule has 0 fully saturated rings. The van der Waals surface area contributed by atoms with E-state index in [1.165, 1.54) is 12.1 Å². The average molecular weight is 480 g/mol. The fourth-order valence-corrected chi connectivity index (χ4v) is 4.10. The summed E-state index contributed by atoms with van der Waals surface area (Å²) in [5.41, 5.74) is 4.68. The fraction of sp³-hybridized carbons (Fsp3) is 0.200. The Morgan fingerprint density at radius 2 is 1.86 bits per heavy atom. The number of nitrogens with zero attached hydrogens (tertiary/aromatic N) is 2. The Kier molecular flexibility index (Phi) is 6.21. The number of nitrogens with one attached hydrogen (secondary N) is 1. The maximum absolute atomic E-state index is 15.1. The highest BCUT2D eigenvalue weighted by Crippen LogP contribution is 2.32. The van der Waals surface area contributed by atoms with E-state index in [-0.39, 0.29) is 41.0 Å². The molecule has 2 aromatic heterocycles. The first-order valence-electron chi connectivity index (χ1n) is 10.8. The van der Waals surface area contributed by atoms with Crippen molar-refractivity contribution in [1.82, 2.24) is 14.5 Å². The van der Waals surface area contributed by atoms with Crippen molar-refractivity contribution in [1.29, 1.82) is 0 Å². The number of nitrogens with two attached hydrogens (primary N) is 1. The van der Waals surface area contributed by atoms with Gasteiger partial charge in [-0.2, -0.15) is 0 Å². The van der Waals surface area contributed by atoms with Crippen molar-refractivity contribution in [2.45, 2.75) is 32.6 Å². The number of aromatic nitrogens is 3. The number of nitrogen functional groups attached to an aromatic ring is 1. The number of benzene rings is 2. The van der Waals surface area contributed by atoms with Crippen molar-refractivity contribution in [2.75, 3.05) is 5.73 Å². The standard InChI is InChI=1S/C25H22F2N4O4/c1-12(2)14-6-3-5-13(9-10-19(32)33)22(14)31-23-15(24(34)30-25(31)35)11-17(27)21(29-23)20-16(26)7-4-8-18(20)28/h3-8,11-12H,9-10,28H2,1-2H3,(H,32,33)(H,30,34,35). The summed E-state index contributed by atoms with van der Waals surface area (Å²) < 4.78 is 30.8. The molecule has 0 radical (unpaired) electrons. The molecule has 0 spiro atoms. The molecular weight excluding hydrogens is 458 g/mol. The molecule has 180 valence electrons. The number of halogens is 2. The minimum atomic E-state index is -1.03. The van der Waals surface area contributed by atoms with E-state index in [2.05, 4.69) is 9.97 Å². The Morgan fingerprint density at radius 1 is 1.14 bits per heavy atom. The molecule has 10 heteroatoms. The van der Waals surface area contributed by atoms with Gasteiger partial charge in [0.05, 0.1) is 16.6 Å². The fourth-order valence-electron chi connectivity index (χ4n) is 4.10. The molecule has 0 unspecified atom stereocenters. The molecule has 0 amide bonds. The zero-order chi connectivity index (χ0) is 25.4. The van der Waals surface area contributed by atoms with Gasteiger partial charge in [-0.15, -0.1) is 0 Å². The number of carboxylic acid groups (broad SMARTS) is 1. The van der Waals surface area contributed by atoms with Crippen LogP contribution in [0.1, 0.15) is 37.3 Å². The Bertz CT molecular complexity index is 1570. The summed E-state index contributed by atoms with van der Waals surface area (Å²) in [6, 6.07) is 9.91. The third-order valence-corrected chi connectivity index (χ3v) is 5.72. The predicted molar refractivity (Wildman–Crippen MR) is 128 cm³/mol. The van der Waals surface area contributed by atoms with Crippen LogP contribution in [0.3, 0.4) is 0 Å². The number of fused-ring (bicyclic) bond motifs is 1. The van der Waals surface area contributed by atoms with Crippen LogP contribution < -0.4 is 17.0 Å². The second-order valence-corrected chi connectivity index (χ2v) is 8.39. The number of hydrogen-bond donors (Lipinski definition) is 3. The number of para-hydroxylation sites is 1. The lowest BCUT2D eigenvalue weighted by Gasteiger charge is -2.20. The highest BCUT2D eigenvalue weighted by molar-refractivity contribution is 5.83. The monoisotopic (exact) mass is 480 g/mol. The first-order chi connectivity index (χ1) is 16.6. The summed E-state index contributed by atoms with van der Waals surface area (Å²) in [6.07, 6.45) is -0.115. The molecule has 2 aromatic carbocycles. The minimum Gasteiger partial charge on any atom is -0.481 e. The van der Waals surface area contributed by atoms with Gasteiger partial charge in [0.25, 0.3) is 5.56 Å². The van der Waals surface area contributed by atoms with Crippen LogP contribution in [0.2, 0.25) is 0 Å². The first-order valence-corrected chi connectivity index (χ1v) is 10.8. The molecule has 35 heavy (non-hydrogen) atoms. The van der Waals surface area contributed by atoms with E-state index in [0.717, 1.165) is 16.7 Å². The summed E-state index contributed by atoms with van der Waals surface area (Å²) in [4.78, 5) is 43.4. The van der Waals surface area contributed by atoms with E-state index < -0.39 is 34.5 Å². The number of aromatic amines is 1. The summed E-state index contributed by atoms with van der Waals surface area (Å²) in [7, 11) is 0. The van der Waals surface area contributed by atoms with Crippen LogP contribution in [-0.2, 0) is 11.2 Å². The average Bonchev–Trinajstić information content (AvgIpc) is 2.78. The SMILES string of the molecule is CC(C)c1cccc(CCC(=O)O)c1-n1c(=O)[nH]c(=O)c2cc(F)c(-c3c(N)cccc3F)nc21. The molecule has 0 aliphatic rings. The van der Waals surface area contributed by atoms with Gasteiger partial charge in [-0.3, -0.25) is 14.6 Å². The van der Waals surface area contributed by atoms with Crippen LogP contribution in [0.15, 0.2) is 52.1 Å². The highest BCUT2D eigenvalue weighted by atomic mass is 19.1. The van der Waals surface area contributed by atoms with E-state index in [1.54, 1.807) is 18.2 Å². The second kappa shape index (κ2) is 9.13. The van der Waals surface area contributed by atoms with Gasteiger partial charge in [-0.05, 0) is 41.7 Å². The van der Waals surface area contributed by atoms with Crippen molar-refractivity contribution in [3.05, 3.63) is 86.1 Å². The molecule has 4 rings (SSSR count). The number of hydrogen-bond acceptors (Lipinski definition) is 5. The number of anilines is 1. The largest absolute Gasteiger partial charge is 0.481 e. The summed E-state index contributed by atoms with van der Waals surface area (Å²) in [5.74, 6) is -2.94. The Labute approximate surface area is 197 Å². The van der Waals surface area contributed by atoms with Gasteiger partial charge in [-0.1, -0.05) is 38.1 Å². The quantitative estimate of drug-likeness (QED) is 0.360. The number of rotatable bonds is 6. The van der Waals surface area contributed by atoms with Crippen LogP contribution in [0.5, 0.6) is 0 Å². The van der Waals surface area contributed by atoms with Crippen LogP contribution in [0, 0.1) is 11.6 Å². The lowest BCUT2D eigenvalue weighted by molar-refractivity contribution is -0.136. The van der Waals surface area contributed by atoms with E-state index in [4.69, 9.17) is 5.73 Å². The number of pyridine rings is 1. The lowest BCUT2D eigenvalue weighted by atomic mass is 9.95. The topological polar surface area (TPSA) is 131 Å².